The molecule has 10 heteroatoms. The van der Waals surface area contributed by atoms with E-state index in [9.17, 15) is 4.79 Å². The number of rotatable bonds is 5. The van der Waals surface area contributed by atoms with Crippen LogP contribution in [0.2, 0.25) is 5.02 Å². The molecule has 5 rings (SSSR count). The Bertz CT molecular complexity index is 1400. The second-order valence-corrected chi connectivity index (χ2v) is 11.1. The van der Waals surface area contributed by atoms with Crippen LogP contribution in [0.15, 0.2) is 36.7 Å². The number of carbonyl (C=O) groups excluding carboxylic acids is 1. The molecule has 0 spiro atoms. The maximum atomic E-state index is 12.6. The van der Waals surface area contributed by atoms with Gasteiger partial charge in [0.2, 0.25) is 0 Å². The summed E-state index contributed by atoms with van der Waals surface area (Å²) in [5.74, 6) is 1.17. The highest BCUT2D eigenvalue weighted by atomic mass is 35.5. The van der Waals surface area contributed by atoms with E-state index >= 15 is 0 Å². The topological polar surface area (TPSA) is 77.8 Å². The molecule has 0 N–H and O–H groups in total. The molecular weight excluding hydrogens is 520 g/mol. The molecule has 1 fully saturated rings. The van der Waals surface area contributed by atoms with E-state index in [0.29, 0.717) is 42.8 Å². The van der Waals surface area contributed by atoms with Crippen molar-refractivity contribution in [3.63, 3.8) is 0 Å². The first-order valence-corrected chi connectivity index (χ1v) is 13.5. The van der Waals surface area contributed by atoms with Gasteiger partial charge in [0.1, 0.15) is 22.7 Å². The Balaban J connectivity index is 1.53. The molecule has 1 saturated heterocycles. The molecule has 0 saturated carbocycles. The summed E-state index contributed by atoms with van der Waals surface area (Å²) in [7, 11) is 3.19. The second kappa shape index (κ2) is 11.0. The lowest BCUT2D eigenvalue weighted by molar-refractivity contribution is 0.0270. The maximum Gasteiger partial charge on any atom is 0.410 e. The van der Waals surface area contributed by atoms with Crippen LogP contribution in [0.25, 0.3) is 22.5 Å². The molecule has 9 nitrogen and oxygen atoms in total. The van der Waals surface area contributed by atoms with E-state index in [1.807, 2.05) is 37.4 Å². The van der Waals surface area contributed by atoms with E-state index in [1.165, 1.54) is 5.57 Å². The Morgan fingerprint density at radius 2 is 1.74 bits per heavy atom. The second-order valence-electron chi connectivity index (χ2n) is 10.7. The molecule has 1 aromatic carbocycles. The van der Waals surface area contributed by atoms with Crippen LogP contribution in [0.3, 0.4) is 0 Å². The van der Waals surface area contributed by atoms with Gasteiger partial charge in [-0.1, -0.05) is 17.7 Å². The number of methoxy groups -OCH3 is 2. The molecule has 2 aliphatic heterocycles. The summed E-state index contributed by atoms with van der Waals surface area (Å²) in [6.45, 7) is 9.71. The SMILES string of the molecule is COc1cc(OC)c(-c2cn3cc(C4=CCN(C(=O)OC(C)(C)C)CC4)c(N4CCOCC4)cc3n2)cc1Cl. The van der Waals surface area contributed by atoms with Gasteiger partial charge in [-0.3, -0.25) is 0 Å². The zero-order valence-electron chi connectivity index (χ0n) is 23.1. The number of halogens is 1. The Morgan fingerprint density at radius 1 is 1.00 bits per heavy atom. The molecule has 1 amide bonds. The van der Waals surface area contributed by atoms with Gasteiger partial charge in [0, 0.05) is 67.5 Å². The zero-order chi connectivity index (χ0) is 27.7. The van der Waals surface area contributed by atoms with Crippen molar-refractivity contribution in [1.82, 2.24) is 14.3 Å². The van der Waals surface area contributed by atoms with Crippen LogP contribution < -0.4 is 14.4 Å². The molecule has 0 radical (unpaired) electrons. The molecule has 39 heavy (non-hydrogen) atoms. The van der Waals surface area contributed by atoms with Crippen molar-refractivity contribution in [2.45, 2.75) is 32.8 Å². The van der Waals surface area contributed by atoms with Gasteiger partial charge in [-0.15, -0.1) is 0 Å². The summed E-state index contributed by atoms with van der Waals surface area (Å²) < 4.78 is 24.2. The van der Waals surface area contributed by atoms with Gasteiger partial charge >= 0.3 is 6.09 Å². The van der Waals surface area contributed by atoms with Crippen molar-refractivity contribution in [2.24, 2.45) is 0 Å². The molecule has 208 valence electrons. The standard InChI is InChI=1S/C29H35ClN4O5/c1-29(2,3)39-28(35)33-8-6-19(7-9-33)21-17-34-18-23(20-14-22(30)26(37-5)16-25(20)36-4)31-27(34)15-24(21)32-10-12-38-13-11-32/h6,14-18H,7-13H2,1-5H3. The van der Waals surface area contributed by atoms with E-state index in [1.54, 1.807) is 25.2 Å². The number of hydrogen-bond acceptors (Lipinski definition) is 7. The predicted octanol–water partition coefficient (Wildman–Crippen LogP) is 5.53. The highest BCUT2D eigenvalue weighted by molar-refractivity contribution is 6.32. The van der Waals surface area contributed by atoms with Crippen molar-refractivity contribution in [2.75, 3.05) is 58.5 Å². The maximum absolute atomic E-state index is 12.6. The third-order valence-electron chi connectivity index (χ3n) is 6.88. The summed E-state index contributed by atoms with van der Waals surface area (Å²) in [6, 6.07) is 5.72. The van der Waals surface area contributed by atoms with Crippen LogP contribution in [0.5, 0.6) is 11.5 Å². The number of aromatic nitrogens is 2. The van der Waals surface area contributed by atoms with Crippen LogP contribution >= 0.6 is 11.6 Å². The fourth-order valence-electron chi connectivity index (χ4n) is 4.93. The lowest BCUT2D eigenvalue weighted by atomic mass is 9.98. The van der Waals surface area contributed by atoms with Gasteiger partial charge in [-0.2, -0.15) is 0 Å². The average Bonchev–Trinajstić information content (AvgIpc) is 3.35. The summed E-state index contributed by atoms with van der Waals surface area (Å²) in [4.78, 5) is 21.6. The van der Waals surface area contributed by atoms with Crippen molar-refractivity contribution >= 4 is 34.6 Å². The third-order valence-corrected chi connectivity index (χ3v) is 7.17. The van der Waals surface area contributed by atoms with Crippen LogP contribution in [0.4, 0.5) is 10.5 Å². The molecule has 0 atom stereocenters. The van der Waals surface area contributed by atoms with Gasteiger partial charge in [0.25, 0.3) is 0 Å². The minimum absolute atomic E-state index is 0.284. The molecule has 4 heterocycles. The molecule has 2 aliphatic rings. The molecule has 0 unspecified atom stereocenters. The van der Waals surface area contributed by atoms with E-state index < -0.39 is 5.60 Å². The summed E-state index contributed by atoms with van der Waals surface area (Å²) in [6.07, 6.45) is 6.68. The van der Waals surface area contributed by atoms with Gasteiger partial charge in [0.05, 0.1) is 38.1 Å². The average molecular weight is 555 g/mol. The quantitative estimate of drug-likeness (QED) is 0.410. The first-order valence-electron chi connectivity index (χ1n) is 13.1. The fraction of sp³-hybridized carbons (Fsp3) is 0.448. The monoisotopic (exact) mass is 554 g/mol. The molecule has 2 aromatic heterocycles. The predicted molar refractivity (Wildman–Crippen MR) is 152 cm³/mol. The Kier molecular flexibility index (Phi) is 7.64. The summed E-state index contributed by atoms with van der Waals surface area (Å²) in [5, 5.41) is 0.488. The number of amides is 1. The highest BCUT2D eigenvalue weighted by Gasteiger charge is 2.26. The van der Waals surface area contributed by atoms with Crippen molar-refractivity contribution < 1.29 is 23.7 Å². The number of nitrogens with zero attached hydrogens (tertiary/aromatic N) is 4. The smallest absolute Gasteiger partial charge is 0.410 e. The summed E-state index contributed by atoms with van der Waals surface area (Å²) >= 11 is 6.45. The van der Waals surface area contributed by atoms with Crippen LogP contribution in [-0.4, -0.2) is 79.6 Å². The van der Waals surface area contributed by atoms with Crippen molar-refractivity contribution in [3.05, 3.63) is 47.3 Å². The Labute approximate surface area is 233 Å². The lowest BCUT2D eigenvalue weighted by Crippen LogP contribution is -2.39. The number of pyridine rings is 1. The van der Waals surface area contributed by atoms with E-state index in [-0.39, 0.29) is 6.09 Å². The van der Waals surface area contributed by atoms with Crippen LogP contribution in [0, 0.1) is 0 Å². The van der Waals surface area contributed by atoms with Gasteiger partial charge in [-0.05, 0) is 38.8 Å². The van der Waals surface area contributed by atoms with Gasteiger partial charge in [0.15, 0.2) is 0 Å². The van der Waals surface area contributed by atoms with E-state index in [2.05, 4.69) is 23.2 Å². The minimum atomic E-state index is -0.522. The highest BCUT2D eigenvalue weighted by Crippen LogP contribution is 2.39. The Hall–Kier alpha value is -3.43. The first kappa shape index (κ1) is 27.1. The molecule has 0 bridgehead atoms. The van der Waals surface area contributed by atoms with Gasteiger partial charge < -0.3 is 33.1 Å². The normalized spacial score (nSPS) is 16.3. The number of benzene rings is 1. The molecule has 3 aromatic rings. The first-order chi connectivity index (χ1) is 18.7. The minimum Gasteiger partial charge on any atom is -0.496 e. The number of carbonyl (C=O) groups is 1. The van der Waals surface area contributed by atoms with Crippen LogP contribution in [-0.2, 0) is 9.47 Å². The number of imidazole rings is 1. The van der Waals surface area contributed by atoms with Crippen molar-refractivity contribution in [1.29, 1.82) is 0 Å². The summed E-state index contributed by atoms with van der Waals surface area (Å²) in [5.41, 5.74) is 5.25. The number of hydrogen-bond donors (Lipinski definition) is 0. The van der Waals surface area contributed by atoms with Gasteiger partial charge in [-0.25, -0.2) is 9.78 Å². The zero-order valence-corrected chi connectivity index (χ0v) is 23.9. The largest absolute Gasteiger partial charge is 0.496 e. The van der Waals surface area contributed by atoms with E-state index in [4.69, 9.17) is 35.5 Å². The Morgan fingerprint density at radius 3 is 2.38 bits per heavy atom. The molecular formula is C29H35ClN4O5. The number of fused-ring (bicyclic) bond motifs is 1. The number of ether oxygens (including phenoxy) is 4. The van der Waals surface area contributed by atoms with Crippen LogP contribution in [0.1, 0.15) is 32.8 Å². The van der Waals surface area contributed by atoms with Crippen molar-refractivity contribution in [3.8, 4) is 22.8 Å². The van der Waals surface area contributed by atoms with E-state index in [0.717, 1.165) is 47.7 Å². The number of morpholine rings is 1. The third kappa shape index (κ3) is 5.79. The number of anilines is 1. The fourth-order valence-corrected chi connectivity index (χ4v) is 5.17. The lowest BCUT2D eigenvalue weighted by Gasteiger charge is -2.33. The molecule has 0 aliphatic carbocycles.